The Morgan fingerprint density at radius 2 is 1.18 bits per heavy atom. The molecule has 1 unspecified atom stereocenters. The first-order valence-electron chi connectivity index (χ1n) is 5.43. The smallest absolute Gasteiger partial charge is 0.314 e. The lowest BCUT2D eigenvalue weighted by Crippen LogP contribution is -2.47. The van der Waals surface area contributed by atoms with Crippen LogP contribution in [0.15, 0.2) is 24.3 Å². The molecule has 1 rings (SSSR count). The monoisotopic (exact) mass is 245 g/mol. The fraction of sp³-hybridized carbons (Fsp3) is 0.538. The van der Waals surface area contributed by atoms with Crippen LogP contribution in [0.1, 0.15) is 38.8 Å². The zero-order valence-corrected chi connectivity index (χ0v) is 10.5. The normalized spacial score (nSPS) is 16.7. The van der Waals surface area contributed by atoms with Crippen LogP contribution in [0.4, 0.5) is 13.2 Å². The molecule has 0 heterocycles. The molecule has 1 atom stereocenters. The molecule has 0 saturated carbocycles. The van der Waals surface area contributed by atoms with Crippen molar-refractivity contribution in [3.05, 3.63) is 35.4 Å². The van der Waals surface area contributed by atoms with Crippen LogP contribution < -0.4 is 5.73 Å². The van der Waals surface area contributed by atoms with Crippen LogP contribution in [0.2, 0.25) is 0 Å². The highest BCUT2D eigenvalue weighted by Crippen LogP contribution is 2.36. The van der Waals surface area contributed by atoms with E-state index in [2.05, 4.69) is 0 Å². The van der Waals surface area contributed by atoms with E-state index in [9.17, 15) is 13.2 Å². The molecule has 1 aromatic rings. The van der Waals surface area contributed by atoms with Gasteiger partial charge in [-0.3, -0.25) is 0 Å². The second-order valence-corrected chi connectivity index (χ2v) is 5.53. The van der Waals surface area contributed by atoms with Gasteiger partial charge in [0.15, 0.2) is 0 Å². The van der Waals surface area contributed by atoms with E-state index in [0.29, 0.717) is 0 Å². The van der Waals surface area contributed by atoms with Crippen molar-refractivity contribution in [2.75, 3.05) is 0 Å². The second-order valence-electron chi connectivity index (χ2n) is 5.53. The average Bonchev–Trinajstić information content (AvgIpc) is 2.15. The summed E-state index contributed by atoms with van der Waals surface area (Å²) in [4.78, 5) is 0. The molecule has 0 saturated heterocycles. The topological polar surface area (TPSA) is 26.0 Å². The van der Waals surface area contributed by atoms with Crippen LogP contribution in [0.3, 0.4) is 0 Å². The van der Waals surface area contributed by atoms with Crippen LogP contribution >= 0.6 is 0 Å². The number of rotatable bonds is 1. The van der Waals surface area contributed by atoms with Crippen molar-refractivity contribution in [2.24, 2.45) is 5.73 Å². The fourth-order valence-corrected chi connectivity index (χ4v) is 1.48. The third-order valence-corrected chi connectivity index (χ3v) is 2.94. The van der Waals surface area contributed by atoms with Crippen molar-refractivity contribution in [1.29, 1.82) is 0 Å². The maximum atomic E-state index is 12.7. The van der Waals surface area contributed by atoms with Crippen molar-refractivity contribution < 1.29 is 13.2 Å². The Labute approximate surface area is 99.8 Å². The number of nitrogens with two attached hydrogens (primary N) is 1. The van der Waals surface area contributed by atoms with Crippen LogP contribution in [0, 0.1) is 0 Å². The zero-order chi connectivity index (χ0) is 13.5. The molecule has 96 valence electrons. The van der Waals surface area contributed by atoms with Crippen molar-refractivity contribution >= 4 is 0 Å². The summed E-state index contributed by atoms with van der Waals surface area (Å²) in [5.74, 6) is 0. The van der Waals surface area contributed by atoms with Crippen LogP contribution in [0.5, 0.6) is 0 Å². The highest BCUT2D eigenvalue weighted by Gasteiger charge is 2.49. The number of benzene rings is 1. The number of halogens is 3. The Kier molecular flexibility index (Phi) is 3.32. The van der Waals surface area contributed by atoms with Gasteiger partial charge in [0.2, 0.25) is 0 Å². The summed E-state index contributed by atoms with van der Waals surface area (Å²) >= 11 is 0. The number of hydrogen-bond acceptors (Lipinski definition) is 1. The molecule has 17 heavy (non-hydrogen) atoms. The van der Waals surface area contributed by atoms with E-state index in [1.165, 1.54) is 12.1 Å². The lowest BCUT2D eigenvalue weighted by Gasteiger charge is -2.29. The van der Waals surface area contributed by atoms with E-state index in [-0.39, 0.29) is 11.0 Å². The summed E-state index contributed by atoms with van der Waals surface area (Å²) in [5.41, 5.74) is 4.03. The van der Waals surface area contributed by atoms with Gasteiger partial charge in [-0.15, -0.1) is 0 Å². The fourth-order valence-electron chi connectivity index (χ4n) is 1.48. The van der Waals surface area contributed by atoms with Gasteiger partial charge in [0, 0.05) is 0 Å². The standard InChI is InChI=1S/C13H18F3N/c1-11(2,3)9-5-7-10(8-6-9)12(4,17)13(14,15)16/h5-8H,17H2,1-4H3. The Morgan fingerprint density at radius 3 is 1.47 bits per heavy atom. The van der Waals surface area contributed by atoms with Gasteiger partial charge in [-0.1, -0.05) is 45.0 Å². The Morgan fingerprint density at radius 1 is 0.824 bits per heavy atom. The van der Waals surface area contributed by atoms with Crippen molar-refractivity contribution in [2.45, 2.75) is 44.8 Å². The molecule has 0 radical (unpaired) electrons. The van der Waals surface area contributed by atoms with Crippen molar-refractivity contribution in [3.8, 4) is 0 Å². The molecule has 0 aromatic heterocycles. The highest BCUT2D eigenvalue weighted by molar-refractivity contribution is 5.32. The quantitative estimate of drug-likeness (QED) is 0.801. The summed E-state index contributed by atoms with van der Waals surface area (Å²) in [6, 6.07) is 6.31. The molecule has 0 bridgehead atoms. The molecule has 0 spiro atoms. The molecule has 1 aromatic carbocycles. The van der Waals surface area contributed by atoms with E-state index in [1.54, 1.807) is 12.1 Å². The van der Waals surface area contributed by atoms with E-state index in [4.69, 9.17) is 5.73 Å². The highest BCUT2D eigenvalue weighted by atomic mass is 19.4. The molecule has 1 nitrogen and oxygen atoms in total. The number of hydrogen-bond donors (Lipinski definition) is 1. The lowest BCUT2D eigenvalue weighted by atomic mass is 9.84. The maximum absolute atomic E-state index is 12.7. The van der Waals surface area contributed by atoms with Gasteiger partial charge >= 0.3 is 6.18 Å². The third kappa shape index (κ3) is 2.80. The molecular formula is C13H18F3N. The van der Waals surface area contributed by atoms with E-state index >= 15 is 0 Å². The van der Waals surface area contributed by atoms with Gasteiger partial charge in [-0.2, -0.15) is 13.2 Å². The van der Waals surface area contributed by atoms with Gasteiger partial charge in [0.05, 0.1) is 0 Å². The molecule has 0 fully saturated rings. The Balaban J connectivity index is 3.12. The van der Waals surface area contributed by atoms with Crippen LogP contribution in [0.25, 0.3) is 0 Å². The average molecular weight is 245 g/mol. The van der Waals surface area contributed by atoms with Gasteiger partial charge in [0.1, 0.15) is 5.54 Å². The summed E-state index contributed by atoms with van der Waals surface area (Å²) in [6.07, 6.45) is -4.45. The Hall–Kier alpha value is -1.03. The molecule has 0 aliphatic carbocycles. The second kappa shape index (κ2) is 4.02. The minimum atomic E-state index is -4.45. The maximum Gasteiger partial charge on any atom is 0.410 e. The largest absolute Gasteiger partial charge is 0.410 e. The van der Waals surface area contributed by atoms with Crippen molar-refractivity contribution in [3.63, 3.8) is 0 Å². The molecule has 0 aliphatic rings. The van der Waals surface area contributed by atoms with Crippen LogP contribution in [-0.4, -0.2) is 6.18 Å². The summed E-state index contributed by atoms with van der Waals surface area (Å²) in [5, 5.41) is 0. The first kappa shape index (κ1) is 14.0. The Bertz CT molecular complexity index is 383. The molecule has 2 N–H and O–H groups in total. The SMILES string of the molecule is CC(C)(C)c1ccc(C(C)(N)C(F)(F)F)cc1. The minimum absolute atomic E-state index is 0.0815. The van der Waals surface area contributed by atoms with E-state index < -0.39 is 11.7 Å². The summed E-state index contributed by atoms with van der Waals surface area (Å²) < 4.78 is 38.2. The first-order valence-corrected chi connectivity index (χ1v) is 5.43. The van der Waals surface area contributed by atoms with Gasteiger partial charge < -0.3 is 5.73 Å². The summed E-state index contributed by atoms with van der Waals surface area (Å²) in [6.45, 7) is 7.01. The zero-order valence-electron chi connectivity index (χ0n) is 10.5. The molecule has 0 amide bonds. The number of alkyl halides is 3. The lowest BCUT2D eigenvalue weighted by molar-refractivity contribution is -0.184. The third-order valence-electron chi connectivity index (χ3n) is 2.94. The predicted molar refractivity (Wildman–Crippen MR) is 62.7 cm³/mol. The van der Waals surface area contributed by atoms with E-state index in [0.717, 1.165) is 12.5 Å². The predicted octanol–water partition coefficient (Wildman–Crippen LogP) is 3.72. The van der Waals surface area contributed by atoms with Crippen molar-refractivity contribution in [1.82, 2.24) is 0 Å². The first-order chi connectivity index (χ1) is 7.46. The van der Waals surface area contributed by atoms with E-state index in [1.807, 2.05) is 20.8 Å². The molecule has 4 heteroatoms. The van der Waals surface area contributed by atoms with Gasteiger partial charge in [-0.25, -0.2) is 0 Å². The minimum Gasteiger partial charge on any atom is -0.314 e. The summed E-state index contributed by atoms with van der Waals surface area (Å²) in [7, 11) is 0. The van der Waals surface area contributed by atoms with Gasteiger partial charge in [0.25, 0.3) is 0 Å². The molecule has 0 aliphatic heterocycles. The van der Waals surface area contributed by atoms with Crippen LogP contribution in [-0.2, 0) is 11.0 Å². The van der Waals surface area contributed by atoms with Gasteiger partial charge in [-0.05, 0) is 23.5 Å². The molecular weight excluding hydrogens is 227 g/mol.